The van der Waals surface area contributed by atoms with Gasteiger partial charge in [0.2, 0.25) is 0 Å². The Morgan fingerprint density at radius 2 is 1.78 bits per heavy atom. The molecule has 0 aliphatic carbocycles. The molecule has 0 atom stereocenters. The first kappa shape index (κ1) is 10.8. The van der Waals surface area contributed by atoms with Crippen molar-refractivity contribution in [3.63, 3.8) is 0 Å². The lowest BCUT2D eigenvalue weighted by Gasteiger charge is -2.08. The van der Waals surface area contributed by atoms with Crippen molar-refractivity contribution in [2.24, 2.45) is 0 Å². The minimum atomic E-state index is -0.325. The van der Waals surface area contributed by atoms with Crippen LogP contribution in [0.1, 0.15) is 0 Å². The van der Waals surface area contributed by atoms with Gasteiger partial charge in [-0.1, -0.05) is 24.3 Å². The average Bonchev–Trinajstić information content (AvgIpc) is 2.87. The van der Waals surface area contributed by atoms with Crippen molar-refractivity contribution < 1.29 is 9.13 Å². The summed E-state index contributed by atoms with van der Waals surface area (Å²) in [6.45, 7) is 0. The number of rotatable bonds is 2. The summed E-state index contributed by atoms with van der Waals surface area (Å²) in [5, 5.41) is 1.00. The van der Waals surface area contributed by atoms with E-state index in [-0.39, 0.29) is 11.6 Å². The van der Waals surface area contributed by atoms with Gasteiger partial charge in [0, 0.05) is 22.7 Å². The SMILES string of the molecule is COc1cccc(-c2cccc3[nH]ccc23)c1F. The quantitative estimate of drug-likeness (QED) is 0.721. The molecule has 0 spiro atoms. The zero-order chi connectivity index (χ0) is 12.5. The maximum atomic E-state index is 14.3. The van der Waals surface area contributed by atoms with Crippen molar-refractivity contribution in [1.82, 2.24) is 4.98 Å². The Bertz CT molecular complexity index is 703. The van der Waals surface area contributed by atoms with E-state index in [1.807, 2.05) is 30.5 Å². The fraction of sp³-hybridized carbons (Fsp3) is 0.0667. The fourth-order valence-electron chi connectivity index (χ4n) is 2.20. The molecule has 1 heterocycles. The van der Waals surface area contributed by atoms with Gasteiger partial charge in [0.25, 0.3) is 0 Å². The number of aromatic amines is 1. The molecule has 2 nitrogen and oxygen atoms in total. The highest BCUT2D eigenvalue weighted by Gasteiger charge is 2.12. The highest BCUT2D eigenvalue weighted by Crippen LogP contribution is 2.33. The van der Waals surface area contributed by atoms with E-state index in [0.717, 1.165) is 16.5 Å². The maximum Gasteiger partial charge on any atom is 0.172 e. The van der Waals surface area contributed by atoms with E-state index >= 15 is 0 Å². The van der Waals surface area contributed by atoms with Crippen LogP contribution in [0.2, 0.25) is 0 Å². The Morgan fingerprint density at radius 3 is 2.61 bits per heavy atom. The predicted octanol–water partition coefficient (Wildman–Crippen LogP) is 3.98. The monoisotopic (exact) mass is 241 g/mol. The summed E-state index contributed by atoms with van der Waals surface area (Å²) in [7, 11) is 1.47. The molecule has 1 aromatic heterocycles. The minimum absolute atomic E-state index is 0.264. The Morgan fingerprint density at radius 1 is 1.00 bits per heavy atom. The summed E-state index contributed by atoms with van der Waals surface area (Å²) >= 11 is 0. The van der Waals surface area contributed by atoms with E-state index in [2.05, 4.69) is 4.98 Å². The normalized spacial score (nSPS) is 10.8. The Balaban J connectivity index is 2.29. The third-order valence-electron chi connectivity index (χ3n) is 3.07. The molecule has 3 heteroatoms. The summed E-state index contributed by atoms with van der Waals surface area (Å²) in [6.07, 6.45) is 1.85. The van der Waals surface area contributed by atoms with Gasteiger partial charge < -0.3 is 9.72 Å². The van der Waals surface area contributed by atoms with E-state index in [1.54, 1.807) is 18.2 Å². The molecule has 0 unspecified atom stereocenters. The van der Waals surface area contributed by atoms with Crippen molar-refractivity contribution in [2.45, 2.75) is 0 Å². The summed E-state index contributed by atoms with van der Waals surface area (Å²) < 4.78 is 19.3. The first-order valence-electron chi connectivity index (χ1n) is 5.70. The van der Waals surface area contributed by atoms with Crippen molar-refractivity contribution in [3.8, 4) is 16.9 Å². The van der Waals surface area contributed by atoms with Crippen LogP contribution >= 0.6 is 0 Å². The molecule has 90 valence electrons. The molecule has 0 bridgehead atoms. The van der Waals surface area contributed by atoms with Crippen LogP contribution in [0.15, 0.2) is 48.7 Å². The van der Waals surface area contributed by atoms with Crippen LogP contribution in [0.3, 0.4) is 0 Å². The van der Waals surface area contributed by atoms with Crippen LogP contribution in [-0.2, 0) is 0 Å². The molecule has 0 aliphatic rings. The molecule has 1 N–H and O–H groups in total. The van der Waals surface area contributed by atoms with E-state index < -0.39 is 0 Å². The van der Waals surface area contributed by atoms with E-state index in [4.69, 9.17) is 4.74 Å². The number of halogens is 1. The van der Waals surface area contributed by atoms with Gasteiger partial charge in [-0.25, -0.2) is 4.39 Å². The third-order valence-corrected chi connectivity index (χ3v) is 3.07. The molecule has 0 saturated carbocycles. The lowest BCUT2D eigenvalue weighted by atomic mass is 10.0. The van der Waals surface area contributed by atoms with Crippen LogP contribution in [-0.4, -0.2) is 12.1 Å². The molecule has 0 amide bonds. The highest BCUT2D eigenvalue weighted by atomic mass is 19.1. The van der Waals surface area contributed by atoms with E-state index in [9.17, 15) is 4.39 Å². The second-order valence-electron chi connectivity index (χ2n) is 4.07. The number of H-pyrrole nitrogens is 1. The van der Waals surface area contributed by atoms with Gasteiger partial charge in [-0.15, -0.1) is 0 Å². The average molecular weight is 241 g/mol. The molecule has 0 aliphatic heterocycles. The van der Waals surface area contributed by atoms with E-state index in [0.29, 0.717) is 5.56 Å². The standard InChI is InChI=1S/C15H12FNO/c1-18-14-7-3-5-12(15(14)16)10-4-2-6-13-11(10)8-9-17-13/h2-9,17H,1H3. The maximum absolute atomic E-state index is 14.3. The van der Waals surface area contributed by atoms with Crippen LogP contribution in [0, 0.1) is 5.82 Å². The van der Waals surface area contributed by atoms with Crippen molar-refractivity contribution in [2.75, 3.05) is 7.11 Å². The van der Waals surface area contributed by atoms with Crippen molar-refractivity contribution >= 4 is 10.9 Å². The third kappa shape index (κ3) is 1.56. The molecule has 18 heavy (non-hydrogen) atoms. The summed E-state index contributed by atoms with van der Waals surface area (Å²) in [5.41, 5.74) is 2.42. The number of benzene rings is 2. The predicted molar refractivity (Wildman–Crippen MR) is 70.2 cm³/mol. The molecule has 0 saturated heterocycles. The van der Waals surface area contributed by atoms with Crippen LogP contribution in [0.4, 0.5) is 4.39 Å². The number of fused-ring (bicyclic) bond motifs is 1. The number of hydrogen-bond acceptors (Lipinski definition) is 1. The molecule has 3 rings (SSSR count). The summed E-state index contributed by atoms with van der Waals surface area (Å²) in [6, 6.07) is 12.9. The lowest BCUT2D eigenvalue weighted by Crippen LogP contribution is -1.91. The van der Waals surface area contributed by atoms with Gasteiger partial charge in [-0.3, -0.25) is 0 Å². The molecule has 3 aromatic rings. The largest absolute Gasteiger partial charge is 0.494 e. The van der Waals surface area contributed by atoms with Crippen LogP contribution in [0.25, 0.3) is 22.0 Å². The molecule has 2 aromatic carbocycles. The zero-order valence-corrected chi connectivity index (χ0v) is 9.91. The molecular formula is C15H12FNO. The lowest BCUT2D eigenvalue weighted by molar-refractivity contribution is 0.387. The van der Waals surface area contributed by atoms with Gasteiger partial charge >= 0.3 is 0 Å². The van der Waals surface area contributed by atoms with Crippen LogP contribution in [0.5, 0.6) is 5.75 Å². The second-order valence-corrected chi connectivity index (χ2v) is 4.07. The van der Waals surface area contributed by atoms with E-state index in [1.165, 1.54) is 7.11 Å². The van der Waals surface area contributed by atoms with Crippen LogP contribution < -0.4 is 4.74 Å². The topological polar surface area (TPSA) is 25.0 Å². The number of aromatic nitrogens is 1. The van der Waals surface area contributed by atoms with Crippen molar-refractivity contribution in [1.29, 1.82) is 0 Å². The number of hydrogen-bond donors (Lipinski definition) is 1. The fourth-order valence-corrected chi connectivity index (χ4v) is 2.20. The summed E-state index contributed by atoms with van der Waals surface area (Å²) in [5.74, 6) is -0.0614. The van der Waals surface area contributed by atoms with Gasteiger partial charge in [0.1, 0.15) is 0 Å². The minimum Gasteiger partial charge on any atom is -0.494 e. The Hall–Kier alpha value is -2.29. The highest BCUT2D eigenvalue weighted by molar-refractivity contribution is 5.95. The van der Waals surface area contributed by atoms with Gasteiger partial charge in [-0.2, -0.15) is 0 Å². The summed E-state index contributed by atoms with van der Waals surface area (Å²) in [4.78, 5) is 3.12. The smallest absolute Gasteiger partial charge is 0.172 e. The van der Waals surface area contributed by atoms with Crippen molar-refractivity contribution in [3.05, 3.63) is 54.5 Å². The number of ether oxygens (including phenoxy) is 1. The Labute approximate surface area is 104 Å². The second kappa shape index (κ2) is 4.18. The number of methoxy groups -OCH3 is 1. The molecule has 0 fully saturated rings. The Kier molecular flexibility index (Phi) is 2.52. The van der Waals surface area contributed by atoms with Gasteiger partial charge in [0.15, 0.2) is 11.6 Å². The first-order chi connectivity index (χ1) is 8.81. The zero-order valence-electron chi connectivity index (χ0n) is 9.91. The number of nitrogens with one attached hydrogen (secondary N) is 1. The first-order valence-corrected chi connectivity index (χ1v) is 5.70. The molecular weight excluding hydrogens is 229 g/mol. The van der Waals surface area contributed by atoms with Gasteiger partial charge in [0.05, 0.1) is 7.11 Å². The molecule has 0 radical (unpaired) electrons. The van der Waals surface area contributed by atoms with Gasteiger partial charge in [-0.05, 0) is 23.8 Å².